The van der Waals surface area contributed by atoms with E-state index in [1.54, 1.807) is 55.6 Å². The smallest absolute Gasteiger partial charge is 0.336 e. The molecule has 0 unspecified atom stereocenters. The fraction of sp³-hybridized carbons (Fsp3) is 0.0952. The van der Waals surface area contributed by atoms with Crippen LogP contribution in [-0.2, 0) is 19.7 Å². The van der Waals surface area contributed by atoms with E-state index in [1.165, 1.54) is 12.1 Å². The first-order valence-electron chi connectivity index (χ1n) is 16.8. The zero-order valence-corrected chi connectivity index (χ0v) is 28.4. The molecule has 0 fully saturated rings. The van der Waals surface area contributed by atoms with Gasteiger partial charge in [0.15, 0.2) is 5.43 Å². The molecule has 6 aromatic rings. The summed E-state index contributed by atoms with van der Waals surface area (Å²) in [5, 5.41) is 40.4. The second-order valence-corrected chi connectivity index (χ2v) is 12.5. The fourth-order valence-electron chi connectivity index (χ4n) is 6.79. The highest BCUT2D eigenvalue weighted by atomic mass is 16.5. The summed E-state index contributed by atoms with van der Waals surface area (Å²) in [4.78, 5) is 35.5. The van der Waals surface area contributed by atoms with Gasteiger partial charge in [0.2, 0.25) is 5.88 Å². The van der Waals surface area contributed by atoms with Gasteiger partial charge < -0.3 is 35.1 Å². The van der Waals surface area contributed by atoms with Gasteiger partial charge in [-0.15, -0.1) is 0 Å². The van der Waals surface area contributed by atoms with Crippen molar-refractivity contribution in [1.29, 1.82) is 0 Å². The number of carbonyl (C=O) groups is 1. The van der Waals surface area contributed by atoms with E-state index < -0.39 is 5.97 Å². The first-order valence-corrected chi connectivity index (χ1v) is 16.8. The van der Waals surface area contributed by atoms with Gasteiger partial charge in [-0.2, -0.15) is 0 Å². The highest BCUT2D eigenvalue weighted by Crippen LogP contribution is 2.45. The topological polar surface area (TPSA) is 167 Å². The summed E-state index contributed by atoms with van der Waals surface area (Å²) >= 11 is 0. The Labute approximate surface area is 302 Å². The molecular formula is C42H32N4O7. The van der Waals surface area contributed by atoms with E-state index in [1.807, 2.05) is 48.5 Å². The third kappa shape index (κ3) is 5.98. The lowest BCUT2D eigenvalue weighted by Crippen LogP contribution is -2.15. The quantitative estimate of drug-likeness (QED) is 0.0882. The van der Waals surface area contributed by atoms with Crippen molar-refractivity contribution in [1.82, 2.24) is 9.97 Å². The number of aromatic nitrogens is 2. The molecule has 53 heavy (non-hydrogen) atoms. The maximum absolute atomic E-state index is 13.7. The number of hydrogen-bond acceptors (Lipinski definition) is 10. The number of methoxy groups -OCH3 is 1. The number of nitrogens with zero attached hydrogens (tertiary/aromatic N) is 2. The zero-order chi connectivity index (χ0) is 36.6. The zero-order valence-electron chi connectivity index (χ0n) is 28.4. The number of carboxylic acid groups (broad SMARTS) is 1. The molecule has 11 heteroatoms. The summed E-state index contributed by atoms with van der Waals surface area (Å²) < 4.78 is 12.0. The monoisotopic (exact) mass is 704 g/mol. The van der Waals surface area contributed by atoms with Crippen LogP contribution in [-0.4, -0.2) is 38.4 Å². The van der Waals surface area contributed by atoms with E-state index in [-0.39, 0.29) is 47.8 Å². The minimum atomic E-state index is -1.12. The van der Waals surface area contributed by atoms with Crippen molar-refractivity contribution in [3.63, 3.8) is 0 Å². The molecule has 0 radical (unpaired) electrons. The van der Waals surface area contributed by atoms with Crippen LogP contribution >= 0.6 is 0 Å². The number of anilines is 2. The number of aliphatic hydroxyl groups is 1. The van der Waals surface area contributed by atoms with Crippen molar-refractivity contribution in [3.8, 4) is 34.1 Å². The van der Waals surface area contributed by atoms with E-state index in [2.05, 4.69) is 20.6 Å². The minimum absolute atomic E-state index is 0.0461. The van der Waals surface area contributed by atoms with Crippen LogP contribution in [0.4, 0.5) is 11.4 Å². The number of nitrogens with one attached hydrogen (secondary N) is 2. The molecule has 8 rings (SSSR count). The van der Waals surface area contributed by atoms with Crippen molar-refractivity contribution in [2.24, 2.45) is 0 Å². The lowest BCUT2D eigenvalue weighted by molar-refractivity contribution is 0.0697. The second kappa shape index (κ2) is 13.6. The number of para-hydroxylation sites is 2. The predicted molar refractivity (Wildman–Crippen MR) is 204 cm³/mol. The molecule has 1 aliphatic carbocycles. The van der Waals surface area contributed by atoms with Crippen LogP contribution in [0.2, 0.25) is 0 Å². The molecule has 3 heterocycles. The number of aromatic carboxylic acids is 1. The average Bonchev–Trinajstić information content (AvgIpc) is 3.18. The van der Waals surface area contributed by atoms with E-state index in [4.69, 9.17) is 9.15 Å². The SMILES string of the molecule is COc1ccc2cccc(NCc3c4oc5c(CNc6cccc7ccc(CO)nc67)c(O)ccc5c(-c5ccccc5C(=O)O)c-4ccc3=O)c2n1. The number of ether oxygens (including phenoxy) is 1. The molecule has 0 saturated heterocycles. The van der Waals surface area contributed by atoms with Crippen molar-refractivity contribution in [2.75, 3.05) is 17.7 Å². The molecule has 0 bridgehead atoms. The standard InChI is InChI=1S/C42H32N4O7/c1-52-36-19-13-24-7-5-11-33(39(24)46-36)44-21-31-35(49)18-16-29-37(26-8-2-3-9-27(26)42(50)51)28-15-17-34(48)30(40(28)53-41(29)31)20-43-32-10-4-6-23-12-14-25(22-47)45-38(23)32/h2-19,43-44,47-48H,20-22H2,1H3,(H,50,51). The molecule has 2 aromatic heterocycles. The molecule has 0 saturated carbocycles. The van der Waals surface area contributed by atoms with Crippen LogP contribution in [0.5, 0.6) is 11.6 Å². The molecule has 262 valence electrons. The third-order valence-corrected chi connectivity index (χ3v) is 9.38. The van der Waals surface area contributed by atoms with Gasteiger partial charge in [-0.25, -0.2) is 14.8 Å². The lowest BCUT2D eigenvalue weighted by Gasteiger charge is -2.21. The Morgan fingerprint density at radius 3 is 2.17 bits per heavy atom. The molecule has 4 aromatic carbocycles. The first-order chi connectivity index (χ1) is 25.8. The van der Waals surface area contributed by atoms with Crippen molar-refractivity contribution in [3.05, 3.63) is 142 Å². The fourth-order valence-corrected chi connectivity index (χ4v) is 6.79. The number of rotatable bonds is 10. The summed E-state index contributed by atoms with van der Waals surface area (Å²) in [6.45, 7) is -0.0913. The van der Waals surface area contributed by atoms with Crippen LogP contribution < -0.4 is 20.8 Å². The second-order valence-electron chi connectivity index (χ2n) is 12.5. The van der Waals surface area contributed by atoms with Crippen molar-refractivity contribution in [2.45, 2.75) is 19.7 Å². The van der Waals surface area contributed by atoms with Gasteiger partial charge in [-0.3, -0.25) is 4.79 Å². The normalized spacial score (nSPS) is 11.4. The van der Waals surface area contributed by atoms with Gasteiger partial charge >= 0.3 is 5.97 Å². The Morgan fingerprint density at radius 2 is 1.45 bits per heavy atom. The molecule has 0 amide bonds. The number of aromatic hydroxyl groups is 1. The largest absolute Gasteiger partial charge is 0.507 e. The average molecular weight is 705 g/mol. The van der Waals surface area contributed by atoms with Crippen LogP contribution in [0.1, 0.15) is 27.2 Å². The number of pyridine rings is 2. The van der Waals surface area contributed by atoms with E-state index in [9.17, 15) is 24.9 Å². The van der Waals surface area contributed by atoms with Crippen LogP contribution in [0.3, 0.4) is 0 Å². The van der Waals surface area contributed by atoms with E-state index in [0.29, 0.717) is 67.2 Å². The maximum Gasteiger partial charge on any atom is 0.336 e. The molecular weight excluding hydrogens is 672 g/mol. The van der Waals surface area contributed by atoms with Crippen molar-refractivity contribution < 1.29 is 29.3 Å². The minimum Gasteiger partial charge on any atom is -0.507 e. The number of carboxylic acids is 1. The number of hydrogen-bond donors (Lipinski definition) is 5. The summed E-state index contributed by atoms with van der Waals surface area (Å²) in [7, 11) is 1.55. The highest BCUT2D eigenvalue weighted by molar-refractivity contribution is 6.08. The third-order valence-electron chi connectivity index (χ3n) is 9.38. The van der Waals surface area contributed by atoms with E-state index in [0.717, 1.165) is 10.8 Å². The van der Waals surface area contributed by atoms with Crippen molar-refractivity contribution >= 4 is 50.1 Å². The number of benzene rings is 5. The molecule has 2 aliphatic rings. The van der Waals surface area contributed by atoms with E-state index >= 15 is 0 Å². The number of phenolic OH excluding ortho intramolecular Hbond substituents is 1. The van der Waals surface area contributed by atoms with Gasteiger partial charge in [-0.1, -0.05) is 48.5 Å². The van der Waals surface area contributed by atoms with Crippen LogP contribution in [0, 0.1) is 0 Å². The van der Waals surface area contributed by atoms with Crippen LogP contribution in [0.25, 0.3) is 55.2 Å². The Kier molecular flexibility index (Phi) is 8.53. The van der Waals surface area contributed by atoms with Crippen LogP contribution in [0.15, 0.2) is 118 Å². The summed E-state index contributed by atoms with van der Waals surface area (Å²) in [6.07, 6.45) is 0. The van der Waals surface area contributed by atoms with Gasteiger partial charge in [0.05, 0.1) is 58.5 Å². The molecule has 5 N–H and O–H groups in total. The first kappa shape index (κ1) is 33.2. The summed E-state index contributed by atoms with van der Waals surface area (Å²) in [5.74, 6) is -0.498. The van der Waals surface area contributed by atoms with Gasteiger partial charge in [0.25, 0.3) is 0 Å². The highest BCUT2D eigenvalue weighted by Gasteiger charge is 2.26. The summed E-state index contributed by atoms with van der Waals surface area (Å²) in [5.41, 5.74) is 5.37. The molecule has 0 atom stereocenters. The molecule has 1 aliphatic heterocycles. The number of fused-ring (bicyclic) bond motifs is 4. The Bertz CT molecular complexity index is 2740. The van der Waals surface area contributed by atoms with Gasteiger partial charge in [0, 0.05) is 46.4 Å². The number of aliphatic hydroxyl groups excluding tert-OH is 1. The lowest BCUT2D eigenvalue weighted by atomic mass is 9.88. The summed E-state index contributed by atoms with van der Waals surface area (Å²) in [6, 6.07) is 31.6. The Hall–Kier alpha value is -6.98. The Morgan fingerprint density at radius 1 is 0.755 bits per heavy atom. The van der Waals surface area contributed by atoms with Gasteiger partial charge in [0.1, 0.15) is 17.1 Å². The number of phenols is 1. The molecule has 11 nitrogen and oxygen atoms in total. The van der Waals surface area contributed by atoms with Gasteiger partial charge in [-0.05, 0) is 60.2 Å². The predicted octanol–water partition coefficient (Wildman–Crippen LogP) is 7.79. The maximum atomic E-state index is 13.7. The molecule has 0 spiro atoms. The Balaban J connectivity index is 1.32.